The van der Waals surface area contributed by atoms with E-state index in [1.54, 1.807) is 48.2 Å². The monoisotopic (exact) mass is 477 g/mol. The van der Waals surface area contributed by atoms with Crippen LogP contribution in [0.15, 0.2) is 72.8 Å². The molecule has 0 saturated carbocycles. The van der Waals surface area contributed by atoms with Gasteiger partial charge in [-0.2, -0.15) is 0 Å². The number of phenols is 2. The van der Waals surface area contributed by atoms with Crippen LogP contribution in [0.3, 0.4) is 0 Å². The Bertz CT molecular complexity index is 1270. The van der Waals surface area contributed by atoms with Crippen molar-refractivity contribution in [1.29, 1.82) is 0 Å². The number of aromatic hydroxyl groups is 2. The molecule has 0 radical (unpaired) electrons. The van der Waals surface area contributed by atoms with Crippen molar-refractivity contribution in [2.75, 3.05) is 0 Å². The van der Waals surface area contributed by atoms with Crippen LogP contribution in [0, 0.1) is 0 Å². The van der Waals surface area contributed by atoms with Gasteiger partial charge in [-0.15, -0.1) is 0 Å². The Morgan fingerprint density at radius 3 is 1.58 bits per heavy atom. The number of hydrogen-bond donors (Lipinski definition) is 2. The van der Waals surface area contributed by atoms with Gasteiger partial charge in [-0.25, -0.2) is 0 Å². The third-order valence-corrected chi connectivity index (χ3v) is 6.79. The van der Waals surface area contributed by atoms with Gasteiger partial charge in [-0.05, 0) is 52.9 Å². The largest absolute Gasteiger partial charge is 0.508 e. The molecular weight excluding hydrogens is 457 g/mol. The molecular formula is C27H21Cl2NO3. The molecule has 0 bridgehead atoms. The molecule has 1 amide bonds. The Balaban J connectivity index is 1.92. The van der Waals surface area contributed by atoms with Crippen LogP contribution in [0.4, 0.5) is 0 Å². The molecule has 0 spiro atoms. The Hall–Kier alpha value is -3.21. The van der Waals surface area contributed by atoms with Crippen molar-refractivity contribution < 1.29 is 15.0 Å². The average Bonchev–Trinajstić information content (AvgIpc) is 2.82. The minimum atomic E-state index is -0.576. The summed E-state index contributed by atoms with van der Waals surface area (Å²) in [5, 5.41) is 24.9. The van der Waals surface area contributed by atoms with E-state index in [2.05, 4.69) is 0 Å². The van der Waals surface area contributed by atoms with Crippen molar-refractivity contribution in [3.63, 3.8) is 0 Å². The molecule has 0 saturated heterocycles. The predicted octanol–water partition coefficient (Wildman–Crippen LogP) is 6.99. The van der Waals surface area contributed by atoms with Gasteiger partial charge in [0.15, 0.2) is 0 Å². The van der Waals surface area contributed by atoms with Crippen molar-refractivity contribution >= 4 is 39.9 Å². The summed E-state index contributed by atoms with van der Waals surface area (Å²) >= 11 is 12.3. The third kappa shape index (κ3) is 3.50. The molecule has 166 valence electrons. The summed E-state index contributed by atoms with van der Waals surface area (Å²) < 4.78 is 0. The van der Waals surface area contributed by atoms with Gasteiger partial charge in [0.25, 0.3) is 0 Å². The molecule has 5 rings (SSSR count). The molecule has 2 unspecified atom stereocenters. The third-order valence-electron chi connectivity index (χ3n) is 6.29. The number of carbonyl (C=O) groups is 1. The standard InChI is InChI=1S/C27H21Cl2NO3/c1-2-22(33)30-26(16-3-9-18(28)10-4-16)24-20(31)13-7-15-8-14-21(32)25(23(15)24)27(30)17-5-11-19(29)12-6-17/h3-14,26-27,31-32H,2H2,1H3. The topological polar surface area (TPSA) is 60.8 Å². The first-order valence-electron chi connectivity index (χ1n) is 10.7. The Morgan fingerprint density at radius 1 is 0.758 bits per heavy atom. The number of hydrogen-bond acceptors (Lipinski definition) is 3. The average molecular weight is 478 g/mol. The van der Waals surface area contributed by atoms with Crippen LogP contribution in [0.5, 0.6) is 11.5 Å². The number of halogens is 2. The van der Waals surface area contributed by atoms with E-state index in [1.165, 1.54) is 0 Å². The second-order valence-electron chi connectivity index (χ2n) is 8.16. The number of carbonyl (C=O) groups excluding carboxylic acids is 1. The first-order chi connectivity index (χ1) is 15.9. The number of amides is 1. The van der Waals surface area contributed by atoms with Crippen LogP contribution in [0.2, 0.25) is 10.0 Å². The summed E-state index contributed by atoms with van der Waals surface area (Å²) in [5.74, 6) is 0.0238. The highest BCUT2D eigenvalue weighted by atomic mass is 35.5. The zero-order valence-electron chi connectivity index (χ0n) is 17.8. The van der Waals surface area contributed by atoms with E-state index < -0.39 is 12.1 Å². The van der Waals surface area contributed by atoms with Crippen LogP contribution in [0.25, 0.3) is 10.8 Å². The minimum absolute atomic E-state index is 0.0674. The van der Waals surface area contributed by atoms with Crippen molar-refractivity contribution in [2.24, 2.45) is 0 Å². The fourth-order valence-electron chi connectivity index (χ4n) is 4.85. The Kier molecular flexibility index (Phi) is 5.43. The number of rotatable bonds is 3. The molecule has 4 aromatic carbocycles. The van der Waals surface area contributed by atoms with Crippen molar-refractivity contribution in [3.8, 4) is 11.5 Å². The van der Waals surface area contributed by atoms with E-state index in [0.717, 1.165) is 21.9 Å². The lowest BCUT2D eigenvalue weighted by molar-refractivity contribution is -0.134. The SMILES string of the molecule is CCC(=O)N1C(c2ccc(Cl)cc2)c2c(O)ccc3ccc(O)c(c23)C1c1ccc(Cl)cc1. The molecule has 4 nitrogen and oxygen atoms in total. The summed E-state index contributed by atoms with van der Waals surface area (Å²) in [7, 11) is 0. The minimum Gasteiger partial charge on any atom is -0.508 e. The molecule has 1 heterocycles. The smallest absolute Gasteiger partial charge is 0.223 e. The van der Waals surface area contributed by atoms with Gasteiger partial charge < -0.3 is 15.1 Å². The highest BCUT2D eigenvalue weighted by Crippen LogP contribution is 2.53. The Labute approximate surface area is 201 Å². The van der Waals surface area contributed by atoms with Gasteiger partial charge >= 0.3 is 0 Å². The van der Waals surface area contributed by atoms with Crippen LogP contribution in [0.1, 0.15) is 47.7 Å². The van der Waals surface area contributed by atoms with Gasteiger partial charge in [-0.1, -0.05) is 66.5 Å². The number of nitrogens with zero attached hydrogens (tertiary/aromatic N) is 1. The molecule has 1 aliphatic rings. The van der Waals surface area contributed by atoms with E-state index in [1.807, 2.05) is 36.4 Å². The molecule has 4 aromatic rings. The molecule has 0 fully saturated rings. The van der Waals surface area contributed by atoms with E-state index in [9.17, 15) is 15.0 Å². The van der Waals surface area contributed by atoms with Crippen molar-refractivity contribution in [3.05, 3.63) is 105 Å². The van der Waals surface area contributed by atoms with Gasteiger partial charge in [0, 0.05) is 33.0 Å². The molecule has 2 atom stereocenters. The first kappa shape index (κ1) is 21.6. The lowest BCUT2D eigenvalue weighted by Crippen LogP contribution is -2.41. The van der Waals surface area contributed by atoms with Crippen LogP contribution in [-0.4, -0.2) is 21.0 Å². The maximum absolute atomic E-state index is 13.5. The number of phenolic OH excluding ortho intramolecular Hbond substituents is 2. The van der Waals surface area contributed by atoms with E-state index in [-0.39, 0.29) is 23.8 Å². The summed E-state index contributed by atoms with van der Waals surface area (Å²) in [6.07, 6.45) is 0.258. The molecule has 0 aliphatic carbocycles. The normalized spacial score (nSPS) is 17.4. The van der Waals surface area contributed by atoms with E-state index in [0.29, 0.717) is 21.2 Å². The molecule has 1 aliphatic heterocycles. The summed E-state index contributed by atoms with van der Waals surface area (Å²) in [6, 6.07) is 20.4. The van der Waals surface area contributed by atoms with Crippen LogP contribution in [-0.2, 0) is 4.79 Å². The first-order valence-corrected chi connectivity index (χ1v) is 11.5. The fourth-order valence-corrected chi connectivity index (χ4v) is 5.10. The fraction of sp³-hybridized carbons (Fsp3) is 0.148. The highest BCUT2D eigenvalue weighted by molar-refractivity contribution is 6.30. The predicted molar refractivity (Wildman–Crippen MR) is 131 cm³/mol. The highest BCUT2D eigenvalue weighted by Gasteiger charge is 2.42. The van der Waals surface area contributed by atoms with Gasteiger partial charge in [-0.3, -0.25) is 4.79 Å². The summed E-state index contributed by atoms with van der Waals surface area (Å²) in [4.78, 5) is 15.3. The second-order valence-corrected chi connectivity index (χ2v) is 9.03. The van der Waals surface area contributed by atoms with Crippen LogP contribution >= 0.6 is 23.2 Å². The molecule has 33 heavy (non-hydrogen) atoms. The maximum Gasteiger partial charge on any atom is 0.223 e. The van der Waals surface area contributed by atoms with E-state index in [4.69, 9.17) is 23.2 Å². The van der Waals surface area contributed by atoms with Gasteiger partial charge in [0.2, 0.25) is 5.91 Å². The molecule has 2 N–H and O–H groups in total. The summed E-state index contributed by atoms with van der Waals surface area (Å²) in [6.45, 7) is 1.81. The van der Waals surface area contributed by atoms with Crippen molar-refractivity contribution in [2.45, 2.75) is 25.4 Å². The zero-order valence-corrected chi connectivity index (χ0v) is 19.3. The number of benzene rings is 4. The van der Waals surface area contributed by atoms with Gasteiger partial charge in [0.05, 0.1) is 12.1 Å². The lowest BCUT2D eigenvalue weighted by Gasteiger charge is -2.44. The van der Waals surface area contributed by atoms with E-state index >= 15 is 0 Å². The lowest BCUT2D eigenvalue weighted by atomic mass is 9.79. The van der Waals surface area contributed by atoms with Crippen LogP contribution < -0.4 is 0 Å². The Morgan fingerprint density at radius 2 is 1.18 bits per heavy atom. The van der Waals surface area contributed by atoms with Crippen molar-refractivity contribution in [1.82, 2.24) is 4.90 Å². The molecule has 0 aromatic heterocycles. The zero-order chi connectivity index (χ0) is 23.3. The quantitative estimate of drug-likeness (QED) is 0.334. The summed E-state index contributed by atoms with van der Waals surface area (Å²) in [5.41, 5.74) is 2.81. The van der Waals surface area contributed by atoms with Gasteiger partial charge in [0.1, 0.15) is 11.5 Å². The molecule has 6 heteroatoms. The second kappa shape index (κ2) is 8.29. The maximum atomic E-state index is 13.5.